The fraction of sp³-hybridized carbons (Fsp3) is 0.571. The van der Waals surface area contributed by atoms with E-state index in [1.54, 1.807) is 0 Å². The highest BCUT2D eigenvalue weighted by Gasteiger charge is 2.08. The lowest BCUT2D eigenvalue weighted by molar-refractivity contribution is 0.550. The van der Waals surface area contributed by atoms with Crippen LogP contribution in [0.3, 0.4) is 0 Å². The molecule has 0 aromatic heterocycles. The molecule has 1 rings (SSSR count). The molecule has 17 heavy (non-hydrogen) atoms. The lowest BCUT2D eigenvalue weighted by Gasteiger charge is -2.18. The average molecular weight is 272 g/mol. The summed E-state index contributed by atoms with van der Waals surface area (Å²) in [6.07, 6.45) is 2.28. The van der Waals surface area contributed by atoms with E-state index < -0.39 is 0 Å². The smallest absolute Gasteiger partial charge is 0.0406 e. The van der Waals surface area contributed by atoms with Crippen LogP contribution in [0.1, 0.15) is 25.8 Å². The van der Waals surface area contributed by atoms with Crippen LogP contribution in [-0.2, 0) is 6.42 Å². The van der Waals surface area contributed by atoms with Gasteiger partial charge in [-0.2, -0.15) is 11.8 Å². The minimum absolute atomic E-state index is 0.570. The van der Waals surface area contributed by atoms with Crippen molar-refractivity contribution in [3.63, 3.8) is 0 Å². The molecule has 96 valence electrons. The second-order valence-electron chi connectivity index (χ2n) is 4.14. The number of hydrogen-bond donors (Lipinski definition) is 1. The van der Waals surface area contributed by atoms with E-state index in [1.165, 1.54) is 23.5 Å². The van der Waals surface area contributed by atoms with Crippen molar-refractivity contribution < 1.29 is 0 Å². The van der Waals surface area contributed by atoms with Gasteiger partial charge in [-0.25, -0.2) is 0 Å². The van der Waals surface area contributed by atoms with Crippen LogP contribution in [-0.4, -0.2) is 24.1 Å². The second kappa shape index (κ2) is 8.84. The van der Waals surface area contributed by atoms with Crippen molar-refractivity contribution in [2.24, 2.45) is 0 Å². The van der Waals surface area contributed by atoms with Crippen molar-refractivity contribution in [3.05, 3.63) is 34.9 Å². The zero-order valence-corrected chi connectivity index (χ0v) is 12.3. The third-order valence-electron chi connectivity index (χ3n) is 2.60. The Kier molecular flexibility index (Phi) is 7.74. The van der Waals surface area contributed by atoms with E-state index in [-0.39, 0.29) is 0 Å². The maximum atomic E-state index is 5.90. The summed E-state index contributed by atoms with van der Waals surface area (Å²) in [7, 11) is 0. The molecule has 1 unspecified atom stereocenters. The average Bonchev–Trinajstić information content (AvgIpc) is 2.35. The van der Waals surface area contributed by atoms with E-state index >= 15 is 0 Å². The predicted octanol–water partition coefficient (Wildman–Crippen LogP) is 4.00. The molecule has 1 N–H and O–H groups in total. The number of hydrogen-bond acceptors (Lipinski definition) is 2. The standard InChI is InChI=1S/C14H22ClNS/c1-3-9-16-14(11-17-4-2)10-12-5-7-13(15)8-6-12/h5-8,14,16H,3-4,9-11H2,1-2H3. The van der Waals surface area contributed by atoms with Gasteiger partial charge in [-0.3, -0.25) is 0 Å². The van der Waals surface area contributed by atoms with Gasteiger partial charge in [0.25, 0.3) is 0 Å². The topological polar surface area (TPSA) is 12.0 Å². The van der Waals surface area contributed by atoms with Crippen molar-refractivity contribution in [1.29, 1.82) is 0 Å². The fourth-order valence-electron chi connectivity index (χ4n) is 1.70. The number of nitrogens with one attached hydrogen (secondary N) is 1. The normalized spacial score (nSPS) is 12.6. The Bertz CT molecular complexity index is 292. The Morgan fingerprint density at radius 2 is 1.94 bits per heavy atom. The fourth-order valence-corrected chi connectivity index (χ4v) is 2.59. The zero-order valence-electron chi connectivity index (χ0n) is 10.7. The van der Waals surface area contributed by atoms with Gasteiger partial charge in [0.05, 0.1) is 0 Å². The molecular formula is C14H22ClNS. The molecule has 1 nitrogen and oxygen atoms in total. The Morgan fingerprint density at radius 3 is 2.53 bits per heavy atom. The SMILES string of the molecule is CCCNC(CSCC)Cc1ccc(Cl)cc1. The van der Waals surface area contributed by atoms with Gasteiger partial charge in [0, 0.05) is 16.8 Å². The van der Waals surface area contributed by atoms with E-state index in [4.69, 9.17) is 11.6 Å². The number of rotatable bonds is 8. The molecule has 1 aromatic carbocycles. The molecule has 0 fully saturated rings. The first-order valence-corrected chi connectivity index (χ1v) is 7.85. The molecule has 0 saturated heterocycles. The van der Waals surface area contributed by atoms with Crippen molar-refractivity contribution in [2.75, 3.05) is 18.1 Å². The van der Waals surface area contributed by atoms with Gasteiger partial charge in [-0.05, 0) is 42.8 Å². The highest BCUT2D eigenvalue weighted by atomic mass is 35.5. The summed E-state index contributed by atoms with van der Waals surface area (Å²) in [5.41, 5.74) is 1.36. The van der Waals surface area contributed by atoms with Crippen molar-refractivity contribution in [3.8, 4) is 0 Å². The number of benzene rings is 1. The maximum Gasteiger partial charge on any atom is 0.0406 e. The van der Waals surface area contributed by atoms with E-state index in [9.17, 15) is 0 Å². The van der Waals surface area contributed by atoms with Gasteiger partial charge in [-0.15, -0.1) is 0 Å². The Hall–Kier alpha value is -0.180. The first-order chi connectivity index (χ1) is 8.26. The number of halogens is 1. The third kappa shape index (κ3) is 6.35. The minimum atomic E-state index is 0.570. The molecule has 0 saturated carbocycles. The Morgan fingerprint density at radius 1 is 1.24 bits per heavy atom. The van der Waals surface area contributed by atoms with E-state index in [1.807, 2.05) is 23.9 Å². The van der Waals surface area contributed by atoms with Crippen LogP contribution < -0.4 is 5.32 Å². The molecule has 3 heteroatoms. The van der Waals surface area contributed by atoms with E-state index in [2.05, 4.69) is 31.3 Å². The quantitative estimate of drug-likeness (QED) is 0.767. The predicted molar refractivity (Wildman–Crippen MR) is 80.2 cm³/mol. The maximum absolute atomic E-state index is 5.90. The number of thioether (sulfide) groups is 1. The molecule has 0 radical (unpaired) electrons. The van der Waals surface area contributed by atoms with Gasteiger partial charge in [0.15, 0.2) is 0 Å². The van der Waals surface area contributed by atoms with Crippen LogP contribution in [0.5, 0.6) is 0 Å². The lowest BCUT2D eigenvalue weighted by atomic mass is 10.1. The molecule has 0 bridgehead atoms. The largest absolute Gasteiger partial charge is 0.313 e. The molecule has 0 spiro atoms. The molecule has 1 aromatic rings. The molecule has 0 aliphatic heterocycles. The first-order valence-electron chi connectivity index (χ1n) is 6.31. The monoisotopic (exact) mass is 271 g/mol. The summed E-state index contributed by atoms with van der Waals surface area (Å²) < 4.78 is 0. The minimum Gasteiger partial charge on any atom is -0.313 e. The van der Waals surface area contributed by atoms with Gasteiger partial charge in [-0.1, -0.05) is 37.6 Å². The van der Waals surface area contributed by atoms with Crippen LogP contribution in [0, 0.1) is 0 Å². The summed E-state index contributed by atoms with van der Waals surface area (Å²) in [4.78, 5) is 0. The summed E-state index contributed by atoms with van der Waals surface area (Å²) in [5.74, 6) is 2.37. The van der Waals surface area contributed by atoms with Crippen molar-refractivity contribution in [1.82, 2.24) is 5.32 Å². The summed E-state index contributed by atoms with van der Waals surface area (Å²) in [5, 5.41) is 4.43. The van der Waals surface area contributed by atoms with Crippen LogP contribution in [0.25, 0.3) is 0 Å². The molecular weight excluding hydrogens is 250 g/mol. The highest BCUT2D eigenvalue weighted by molar-refractivity contribution is 7.99. The molecule has 1 atom stereocenters. The summed E-state index contributed by atoms with van der Waals surface area (Å²) in [6, 6.07) is 8.77. The summed E-state index contributed by atoms with van der Waals surface area (Å²) >= 11 is 7.90. The van der Waals surface area contributed by atoms with Gasteiger partial charge >= 0.3 is 0 Å². The van der Waals surface area contributed by atoms with Gasteiger partial charge in [0.2, 0.25) is 0 Å². The van der Waals surface area contributed by atoms with Gasteiger partial charge in [0.1, 0.15) is 0 Å². The first kappa shape index (κ1) is 14.9. The van der Waals surface area contributed by atoms with Crippen molar-refractivity contribution in [2.45, 2.75) is 32.7 Å². The Labute approximate surface area is 114 Å². The highest BCUT2D eigenvalue weighted by Crippen LogP contribution is 2.13. The van der Waals surface area contributed by atoms with Crippen LogP contribution in [0.15, 0.2) is 24.3 Å². The van der Waals surface area contributed by atoms with Crippen LogP contribution in [0.2, 0.25) is 5.02 Å². The third-order valence-corrected chi connectivity index (χ3v) is 3.90. The molecule has 0 aliphatic carbocycles. The summed E-state index contributed by atoms with van der Waals surface area (Å²) in [6.45, 7) is 5.52. The molecule has 0 heterocycles. The van der Waals surface area contributed by atoms with E-state index in [0.717, 1.165) is 18.0 Å². The molecule has 0 amide bonds. The van der Waals surface area contributed by atoms with Crippen molar-refractivity contribution >= 4 is 23.4 Å². The second-order valence-corrected chi connectivity index (χ2v) is 5.90. The zero-order chi connectivity index (χ0) is 12.5. The Balaban J connectivity index is 2.48. The lowest BCUT2D eigenvalue weighted by Crippen LogP contribution is -2.34. The van der Waals surface area contributed by atoms with E-state index in [0.29, 0.717) is 6.04 Å². The van der Waals surface area contributed by atoms with Crippen LogP contribution >= 0.6 is 23.4 Å². The van der Waals surface area contributed by atoms with Gasteiger partial charge < -0.3 is 5.32 Å². The molecule has 0 aliphatic rings. The van der Waals surface area contributed by atoms with Crippen LogP contribution in [0.4, 0.5) is 0 Å².